The second-order valence-corrected chi connectivity index (χ2v) is 10.4. The molecule has 0 unspecified atom stereocenters. The molecule has 184 valence electrons. The van der Waals surface area contributed by atoms with E-state index in [1.54, 1.807) is 0 Å². The highest BCUT2D eigenvalue weighted by molar-refractivity contribution is 5.91. The molecule has 0 saturated carbocycles. The van der Waals surface area contributed by atoms with Gasteiger partial charge in [0.25, 0.3) is 0 Å². The highest BCUT2D eigenvalue weighted by atomic mass is 16.6. The first-order valence-corrected chi connectivity index (χ1v) is 13.0. The standard InChI is InChI=1S/C35H27NO2/c1-35(2)28-15-9-8-14-27(28)33-29(35)17-19-31-34(33)38-30-18-16-24(20-32(30)37-31)26-13-7-6-12-25(26)22-36-21-23-10-4-3-5-11-23/h3-20,22H,21H2,1-2H3/b36-22+. The molecule has 5 aromatic rings. The van der Waals surface area contributed by atoms with Crippen molar-refractivity contribution in [3.63, 3.8) is 0 Å². The van der Waals surface area contributed by atoms with Crippen LogP contribution in [0.2, 0.25) is 0 Å². The fourth-order valence-electron chi connectivity index (χ4n) is 5.70. The smallest absolute Gasteiger partial charge is 0.178 e. The van der Waals surface area contributed by atoms with Crippen molar-refractivity contribution in [2.45, 2.75) is 25.8 Å². The van der Waals surface area contributed by atoms with Crippen molar-refractivity contribution < 1.29 is 9.47 Å². The Labute approximate surface area is 223 Å². The van der Waals surface area contributed by atoms with Crippen LogP contribution in [-0.2, 0) is 12.0 Å². The van der Waals surface area contributed by atoms with Gasteiger partial charge in [-0.05, 0) is 51.6 Å². The fraction of sp³-hybridized carbons (Fsp3) is 0.114. The molecule has 5 aromatic carbocycles. The van der Waals surface area contributed by atoms with Gasteiger partial charge in [-0.25, -0.2) is 0 Å². The van der Waals surface area contributed by atoms with Crippen LogP contribution in [0.15, 0.2) is 114 Å². The molecule has 0 amide bonds. The molecular formula is C35H27NO2. The lowest BCUT2D eigenvalue weighted by Crippen LogP contribution is -2.15. The summed E-state index contributed by atoms with van der Waals surface area (Å²) in [6.45, 7) is 5.19. The molecule has 1 aliphatic heterocycles. The largest absolute Gasteiger partial charge is 0.449 e. The summed E-state index contributed by atoms with van der Waals surface area (Å²) in [6.07, 6.45) is 1.96. The molecule has 0 fully saturated rings. The average Bonchev–Trinajstić information content (AvgIpc) is 3.19. The molecule has 38 heavy (non-hydrogen) atoms. The number of ether oxygens (including phenoxy) is 2. The Balaban J connectivity index is 1.22. The van der Waals surface area contributed by atoms with E-state index in [1.165, 1.54) is 22.3 Å². The van der Waals surface area contributed by atoms with Gasteiger partial charge in [-0.15, -0.1) is 0 Å². The zero-order chi connectivity index (χ0) is 25.7. The molecule has 7 rings (SSSR count). The van der Waals surface area contributed by atoms with Crippen LogP contribution in [0.5, 0.6) is 23.0 Å². The third-order valence-corrected chi connectivity index (χ3v) is 7.66. The summed E-state index contributed by atoms with van der Waals surface area (Å²) in [5.41, 5.74) is 9.28. The van der Waals surface area contributed by atoms with Crippen molar-refractivity contribution in [2.24, 2.45) is 4.99 Å². The van der Waals surface area contributed by atoms with Gasteiger partial charge in [0.2, 0.25) is 0 Å². The van der Waals surface area contributed by atoms with E-state index in [-0.39, 0.29) is 5.41 Å². The van der Waals surface area contributed by atoms with E-state index in [9.17, 15) is 0 Å². The first-order valence-electron chi connectivity index (χ1n) is 13.0. The van der Waals surface area contributed by atoms with Crippen LogP contribution in [-0.4, -0.2) is 6.21 Å². The molecule has 0 radical (unpaired) electrons. The first kappa shape index (κ1) is 22.6. The molecule has 0 N–H and O–H groups in total. The lowest BCUT2D eigenvalue weighted by Gasteiger charge is -2.25. The van der Waals surface area contributed by atoms with Crippen LogP contribution in [0.25, 0.3) is 22.3 Å². The van der Waals surface area contributed by atoms with Gasteiger partial charge in [-0.2, -0.15) is 0 Å². The highest BCUT2D eigenvalue weighted by Gasteiger charge is 2.39. The van der Waals surface area contributed by atoms with Gasteiger partial charge in [0.15, 0.2) is 23.0 Å². The van der Waals surface area contributed by atoms with Crippen molar-refractivity contribution >= 4 is 6.21 Å². The minimum absolute atomic E-state index is 0.0831. The fourth-order valence-corrected chi connectivity index (χ4v) is 5.70. The van der Waals surface area contributed by atoms with E-state index < -0.39 is 0 Å². The van der Waals surface area contributed by atoms with Gasteiger partial charge >= 0.3 is 0 Å². The zero-order valence-electron chi connectivity index (χ0n) is 21.4. The predicted molar refractivity (Wildman–Crippen MR) is 154 cm³/mol. The van der Waals surface area contributed by atoms with Crippen LogP contribution in [0.1, 0.15) is 36.1 Å². The van der Waals surface area contributed by atoms with Gasteiger partial charge in [0, 0.05) is 22.8 Å². The minimum Gasteiger partial charge on any atom is -0.449 e. The number of aliphatic imine (C=N–C) groups is 1. The van der Waals surface area contributed by atoms with E-state index in [1.807, 2.05) is 42.6 Å². The summed E-state index contributed by atoms with van der Waals surface area (Å²) in [5.74, 6) is 3.00. The number of benzene rings is 5. The third kappa shape index (κ3) is 3.62. The van der Waals surface area contributed by atoms with E-state index in [0.717, 1.165) is 45.3 Å². The summed E-state index contributed by atoms with van der Waals surface area (Å²) in [4.78, 5) is 4.70. The molecule has 0 atom stereocenters. The lowest BCUT2D eigenvalue weighted by atomic mass is 9.82. The summed E-state index contributed by atoms with van der Waals surface area (Å²) in [7, 11) is 0. The molecule has 0 bridgehead atoms. The van der Waals surface area contributed by atoms with Gasteiger partial charge in [0.05, 0.1) is 6.54 Å². The molecule has 0 spiro atoms. The Morgan fingerprint density at radius 1 is 0.658 bits per heavy atom. The molecule has 1 heterocycles. The summed E-state index contributed by atoms with van der Waals surface area (Å²) < 4.78 is 13.0. The van der Waals surface area contributed by atoms with Gasteiger partial charge < -0.3 is 9.47 Å². The number of hydrogen-bond acceptors (Lipinski definition) is 3. The van der Waals surface area contributed by atoms with Crippen molar-refractivity contribution in [1.29, 1.82) is 0 Å². The SMILES string of the molecule is CC1(C)c2ccccc2-c2c1ccc1c2Oc2ccc(-c3ccccc3/C=N/Cc3ccccc3)cc2O1. The predicted octanol–water partition coefficient (Wildman–Crippen LogP) is 9.18. The van der Waals surface area contributed by atoms with Crippen LogP contribution in [0.4, 0.5) is 0 Å². The van der Waals surface area contributed by atoms with Gasteiger partial charge in [-0.1, -0.05) is 105 Å². The second-order valence-electron chi connectivity index (χ2n) is 10.4. The normalized spacial score (nSPS) is 14.2. The Morgan fingerprint density at radius 2 is 1.39 bits per heavy atom. The third-order valence-electron chi connectivity index (χ3n) is 7.66. The Morgan fingerprint density at radius 3 is 2.26 bits per heavy atom. The summed E-state index contributed by atoms with van der Waals surface area (Å²) >= 11 is 0. The van der Waals surface area contributed by atoms with E-state index >= 15 is 0 Å². The maximum atomic E-state index is 6.55. The van der Waals surface area contributed by atoms with E-state index in [0.29, 0.717) is 6.54 Å². The Kier molecular flexibility index (Phi) is 5.19. The van der Waals surface area contributed by atoms with Crippen molar-refractivity contribution in [2.75, 3.05) is 0 Å². The molecule has 1 aliphatic carbocycles. The topological polar surface area (TPSA) is 30.8 Å². The highest BCUT2D eigenvalue weighted by Crippen LogP contribution is 2.58. The molecule has 2 aliphatic rings. The molecule has 0 aromatic heterocycles. The average molecular weight is 494 g/mol. The number of rotatable bonds is 4. The van der Waals surface area contributed by atoms with Gasteiger partial charge in [-0.3, -0.25) is 4.99 Å². The van der Waals surface area contributed by atoms with Crippen LogP contribution in [0.3, 0.4) is 0 Å². The lowest BCUT2D eigenvalue weighted by molar-refractivity contribution is 0.360. The summed E-state index contributed by atoms with van der Waals surface area (Å²) in [5, 5.41) is 0. The van der Waals surface area contributed by atoms with Crippen molar-refractivity contribution in [3.8, 4) is 45.3 Å². The zero-order valence-corrected chi connectivity index (χ0v) is 21.4. The quantitative estimate of drug-likeness (QED) is 0.229. The molecule has 3 heteroatoms. The van der Waals surface area contributed by atoms with Crippen LogP contribution in [0, 0.1) is 0 Å². The maximum absolute atomic E-state index is 6.55. The maximum Gasteiger partial charge on any atom is 0.178 e. The molecule has 3 nitrogen and oxygen atoms in total. The number of nitrogens with zero attached hydrogens (tertiary/aromatic N) is 1. The first-order chi connectivity index (χ1) is 18.6. The van der Waals surface area contributed by atoms with Crippen molar-refractivity contribution in [1.82, 2.24) is 0 Å². The minimum atomic E-state index is -0.0831. The molecular weight excluding hydrogens is 466 g/mol. The Hall–Kier alpha value is -4.63. The van der Waals surface area contributed by atoms with Gasteiger partial charge in [0.1, 0.15) is 0 Å². The van der Waals surface area contributed by atoms with E-state index in [4.69, 9.17) is 14.5 Å². The van der Waals surface area contributed by atoms with Crippen LogP contribution < -0.4 is 9.47 Å². The van der Waals surface area contributed by atoms with E-state index in [2.05, 4.69) is 86.6 Å². The monoisotopic (exact) mass is 493 g/mol. The van der Waals surface area contributed by atoms with Crippen molar-refractivity contribution in [3.05, 3.63) is 131 Å². The van der Waals surface area contributed by atoms with Crippen LogP contribution >= 0.6 is 0 Å². The Bertz CT molecular complexity index is 1720. The molecule has 0 saturated heterocycles. The second kappa shape index (κ2) is 8.74. The number of hydrogen-bond donors (Lipinski definition) is 0. The summed E-state index contributed by atoms with van der Waals surface area (Å²) in [6, 6.07) is 37.6. The number of fused-ring (bicyclic) bond motifs is 6.